The zero-order chi connectivity index (χ0) is 24.9. The number of rotatable bonds is 4. The van der Waals surface area contributed by atoms with Crippen LogP contribution in [0.2, 0.25) is 0 Å². The highest BCUT2D eigenvalue weighted by Crippen LogP contribution is 2.31. The Morgan fingerprint density at radius 3 is 2.32 bits per heavy atom. The monoisotopic (exact) mass is 475 g/mol. The molecule has 0 saturated carbocycles. The fourth-order valence-electron chi connectivity index (χ4n) is 3.47. The van der Waals surface area contributed by atoms with Crippen molar-refractivity contribution in [1.82, 2.24) is 9.97 Å². The highest BCUT2D eigenvalue weighted by Gasteiger charge is 2.13. The molecule has 0 fully saturated rings. The largest absolute Gasteiger partial charge is 0.497 e. The van der Waals surface area contributed by atoms with Gasteiger partial charge in [-0.25, -0.2) is 9.97 Å². The molecule has 1 aromatic heterocycles. The number of benzene rings is 3. The van der Waals surface area contributed by atoms with Crippen LogP contribution in [0.1, 0.15) is 49.4 Å². The molecule has 1 heterocycles. The van der Waals surface area contributed by atoms with E-state index in [9.17, 15) is 4.79 Å². The van der Waals surface area contributed by atoms with Gasteiger partial charge in [0.15, 0.2) is 0 Å². The number of nitrogen functional groups attached to an aromatic ring is 1. The lowest BCUT2D eigenvalue weighted by Gasteiger charge is -2.18. The van der Waals surface area contributed by atoms with E-state index in [0.717, 1.165) is 45.7 Å². The topological polar surface area (TPSA) is 78.1 Å². The Labute approximate surface area is 206 Å². The minimum Gasteiger partial charge on any atom is -0.497 e. The number of anilines is 1. The van der Waals surface area contributed by atoms with Gasteiger partial charge in [-0.2, -0.15) is 0 Å². The van der Waals surface area contributed by atoms with Crippen LogP contribution < -0.4 is 10.5 Å². The molecule has 0 aliphatic carbocycles. The summed E-state index contributed by atoms with van der Waals surface area (Å²) in [7, 11) is 1.65. The van der Waals surface area contributed by atoms with Crippen LogP contribution in [-0.4, -0.2) is 22.3 Å². The fraction of sp³-hybridized carbons (Fsp3) is 0.250. The van der Waals surface area contributed by atoms with Gasteiger partial charge in [0.05, 0.1) is 12.8 Å². The summed E-state index contributed by atoms with van der Waals surface area (Å²) in [6.07, 6.45) is 2.60. The van der Waals surface area contributed by atoms with E-state index in [-0.39, 0.29) is 5.41 Å². The number of aryl methyl sites for hydroxylation is 1. The van der Waals surface area contributed by atoms with Crippen LogP contribution in [0.4, 0.5) is 5.69 Å². The first-order valence-corrected chi connectivity index (χ1v) is 11.5. The van der Waals surface area contributed by atoms with E-state index < -0.39 is 5.24 Å². The number of hydrogen-bond acceptors (Lipinski definition) is 5. The average Bonchev–Trinajstić information content (AvgIpc) is 2.83. The molecule has 0 spiro atoms. The van der Waals surface area contributed by atoms with Gasteiger partial charge in [-0.3, -0.25) is 4.79 Å². The van der Waals surface area contributed by atoms with Gasteiger partial charge < -0.3 is 10.5 Å². The predicted molar refractivity (Wildman–Crippen MR) is 141 cm³/mol. The van der Waals surface area contributed by atoms with Crippen molar-refractivity contribution >= 4 is 33.3 Å². The van der Waals surface area contributed by atoms with Crippen molar-refractivity contribution in [2.75, 3.05) is 12.8 Å². The van der Waals surface area contributed by atoms with Gasteiger partial charge in [0.25, 0.3) is 5.24 Å². The van der Waals surface area contributed by atoms with Crippen LogP contribution in [0.25, 0.3) is 22.0 Å². The lowest BCUT2D eigenvalue weighted by atomic mass is 9.87. The Bertz CT molecular complexity index is 1300. The van der Waals surface area contributed by atoms with Gasteiger partial charge in [-0.1, -0.05) is 45.9 Å². The minimum absolute atomic E-state index is 0.119. The number of methoxy groups -OCH3 is 1. The molecule has 3 aromatic carbocycles. The molecular formula is C28H30ClN3O2. The van der Waals surface area contributed by atoms with Crippen molar-refractivity contribution in [3.05, 3.63) is 83.8 Å². The van der Waals surface area contributed by atoms with Crippen molar-refractivity contribution in [2.24, 2.45) is 0 Å². The Morgan fingerprint density at radius 2 is 1.74 bits per heavy atom. The van der Waals surface area contributed by atoms with Gasteiger partial charge >= 0.3 is 0 Å². The summed E-state index contributed by atoms with van der Waals surface area (Å²) in [6.45, 7) is 8.43. The first-order valence-electron chi connectivity index (χ1n) is 11.1. The molecule has 0 aliphatic rings. The summed E-state index contributed by atoms with van der Waals surface area (Å²) >= 11 is 5.33. The molecule has 176 valence electrons. The molecule has 5 nitrogen and oxygen atoms in total. The second-order valence-electron chi connectivity index (χ2n) is 8.97. The summed E-state index contributed by atoms with van der Waals surface area (Å²) in [5.41, 5.74) is 10.7. The van der Waals surface area contributed by atoms with E-state index in [1.54, 1.807) is 25.4 Å². The molecule has 4 rings (SSSR count). The molecule has 0 aliphatic heterocycles. The van der Waals surface area contributed by atoms with E-state index in [1.165, 1.54) is 5.56 Å². The van der Waals surface area contributed by atoms with Gasteiger partial charge in [0.1, 0.15) is 11.6 Å². The number of ether oxygens (including phenoxy) is 1. The average molecular weight is 476 g/mol. The first-order chi connectivity index (χ1) is 16.1. The van der Waals surface area contributed by atoms with Crippen LogP contribution in [-0.2, 0) is 11.8 Å². The zero-order valence-corrected chi connectivity index (χ0v) is 21.0. The third-order valence-corrected chi connectivity index (χ3v) is 5.71. The zero-order valence-electron chi connectivity index (χ0n) is 20.2. The molecule has 2 N–H and O–H groups in total. The van der Waals surface area contributed by atoms with Crippen molar-refractivity contribution in [3.63, 3.8) is 0 Å². The number of hydrogen-bond donors (Lipinski definition) is 1. The maximum atomic E-state index is 10.8. The molecule has 34 heavy (non-hydrogen) atoms. The maximum Gasteiger partial charge on any atom is 0.252 e. The molecule has 0 radical (unpaired) electrons. The van der Waals surface area contributed by atoms with E-state index in [2.05, 4.69) is 36.8 Å². The van der Waals surface area contributed by atoms with E-state index in [1.807, 2.05) is 49.4 Å². The highest BCUT2D eigenvalue weighted by molar-refractivity contribution is 6.67. The van der Waals surface area contributed by atoms with E-state index >= 15 is 0 Å². The molecule has 0 atom stereocenters. The molecular weight excluding hydrogens is 446 g/mol. The van der Waals surface area contributed by atoms with Crippen LogP contribution >= 0.6 is 11.6 Å². The number of fused-ring (bicyclic) bond motifs is 1. The summed E-state index contributed by atoms with van der Waals surface area (Å²) in [5, 5.41) is 1.66. The lowest BCUT2D eigenvalue weighted by molar-refractivity contribution is 0.108. The first kappa shape index (κ1) is 25.2. The standard InChI is InChI=1S/C17H17N3O.C11H13ClO/c1-3-17-19-7-6-16(20-17)12-8-11-4-5-13(21-2)10-14(11)15(18)9-12;1-11(2,3)9-6-4-8(5-7-9)10(12)13/h4-10H,3,18H2,1-2H3;4-7H,1-3H3. The predicted octanol–water partition coefficient (Wildman–Crippen LogP) is 6.81. The molecule has 4 aromatic rings. The summed E-state index contributed by atoms with van der Waals surface area (Å²) in [4.78, 5) is 19.6. The quantitative estimate of drug-likeness (QED) is 0.259. The number of carbonyl (C=O) groups excluding carboxylic acids is 1. The smallest absolute Gasteiger partial charge is 0.252 e. The molecule has 0 saturated heterocycles. The summed E-state index contributed by atoms with van der Waals surface area (Å²) in [5.74, 6) is 1.64. The second-order valence-corrected chi connectivity index (χ2v) is 9.31. The van der Waals surface area contributed by atoms with Crippen molar-refractivity contribution in [3.8, 4) is 17.0 Å². The van der Waals surface area contributed by atoms with E-state index in [4.69, 9.17) is 22.1 Å². The fourth-order valence-corrected chi connectivity index (χ4v) is 3.60. The van der Waals surface area contributed by atoms with Gasteiger partial charge in [-0.05, 0) is 70.4 Å². The van der Waals surface area contributed by atoms with Crippen LogP contribution in [0.3, 0.4) is 0 Å². The second kappa shape index (κ2) is 10.7. The SMILES string of the molecule is CC(C)(C)c1ccc(C(=O)Cl)cc1.CCc1nccc(-c2cc(N)c3cc(OC)ccc3c2)n1. The number of nitrogens with two attached hydrogens (primary N) is 1. The highest BCUT2D eigenvalue weighted by atomic mass is 35.5. The van der Waals surface area contributed by atoms with Crippen LogP contribution in [0, 0.1) is 0 Å². The summed E-state index contributed by atoms with van der Waals surface area (Å²) < 4.78 is 5.25. The maximum absolute atomic E-state index is 10.8. The van der Waals surface area contributed by atoms with Crippen LogP contribution in [0.5, 0.6) is 5.75 Å². The van der Waals surface area contributed by atoms with Gasteiger partial charge in [0, 0.05) is 34.8 Å². The van der Waals surface area contributed by atoms with Gasteiger partial charge in [0.2, 0.25) is 0 Å². The molecule has 0 bridgehead atoms. The number of halogens is 1. The third-order valence-electron chi connectivity index (χ3n) is 5.49. The number of aromatic nitrogens is 2. The van der Waals surface area contributed by atoms with Crippen molar-refractivity contribution in [2.45, 2.75) is 39.5 Å². The molecule has 6 heteroatoms. The van der Waals surface area contributed by atoms with Crippen LogP contribution in [0.15, 0.2) is 66.9 Å². The summed E-state index contributed by atoms with van der Waals surface area (Å²) in [6, 6.07) is 19.2. The molecule has 0 unspecified atom stereocenters. The number of nitrogens with zero attached hydrogens (tertiary/aromatic N) is 2. The Kier molecular flexibility index (Phi) is 7.90. The normalized spacial score (nSPS) is 11.0. The van der Waals surface area contributed by atoms with E-state index in [0.29, 0.717) is 5.56 Å². The molecule has 0 amide bonds. The Hall–Kier alpha value is -3.44. The van der Waals surface area contributed by atoms with Crippen molar-refractivity contribution in [1.29, 1.82) is 0 Å². The van der Waals surface area contributed by atoms with Crippen molar-refractivity contribution < 1.29 is 9.53 Å². The minimum atomic E-state index is -0.402. The van der Waals surface area contributed by atoms with Gasteiger partial charge in [-0.15, -0.1) is 0 Å². The number of carbonyl (C=O) groups is 1. The lowest BCUT2D eigenvalue weighted by Crippen LogP contribution is -2.10. The Morgan fingerprint density at radius 1 is 1.03 bits per heavy atom. The Balaban J connectivity index is 0.000000215. The third kappa shape index (κ3) is 6.12.